The Morgan fingerprint density at radius 1 is 1.12 bits per heavy atom. The van der Waals surface area contributed by atoms with Crippen molar-refractivity contribution in [2.45, 2.75) is 32.3 Å². The molecule has 0 aliphatic rings. The van der Waals surface area contributed by atoms with Gasteiger partial charge >= 0.3 is 0 Å². The molecule has 2 aromatic rings. The van der Waals surface area contributed by atoms with Crippen molar-refractivity contribution in [2.75, 3.05) is 26.5 Å². The molecule has 0 spiro atoms. The van der Waals surface area contributed by atoms with E-state index in [1.807, 2.05) is 49.9 Å². The number of carbonyl (C=O) groups excluding carboxylic acids is 1. The maximum Gasteiger partial charge on any atom is 0.233 e. The molecule has 26 heavy (non-hydrogen) atoms. The lowest BCUT2D eigenvalue weighted by Crippen LogP contribution is -2.31. The summed E-state index contributed by atoms with van der Waals surface area (Å²) >= 11 is 1.44. The monoisotopic (exact) mass is 375 g/mol. The van der Waals surface area contributed by atoms with Gasteiger partial charge in [-0.25, -0.2) is 9.97 Å². The Bertz CT molecular complexity index is 747. The van der Waals surface area contributed by atoms with Crippen LogP contribution in [0.4, 0.5) is 0 Å². The van der Waals surface area contributed by atoms with Crippen LogP contribution in [0.25, 0.3) is 0 Å². The lowest BCUT2D eigenvalue weighted by molar-refractivity contribution is -0.128. The summed E-state index contributed by atoms with van der Waals surface area (Å²) in [5.74, 6) is 2.47. The zero-order valence-corrected chi connectivity index (χ0v) is 16.7. The van der Waals surface area contributed by atoms with E-state index in [9.17, 15) is 4.79 Å². The number of nitrogens with zero attached hydrogens (tertiary/aromatic N) is 3. The number of thioether (sulfide) groups is 1. The van der Waals surface area contributed by atoms with Gasteiger partial charge in [-0.2, -0.15) is 0 Å². The molecule has 1 aromatic heterocycles. The third kappa shape index (κ3) is 5.36. The molecular formula is C19H25N3O3S. The van der Waals surface area contributed by atoms with Crippen LogP contribution < -0.4 is 9.47 Å². The van der Waals surface area contributed by atoms with Crippen LogP contribution in [0.15, 0.2) is 29.3 Å². The van der Waals surface area contributed by atoms with E-state index < -0.39 is 0 Å². The Hall–Kier alpha value is -2.28. The molecule has 6 nitrogen and oxygen atoms in total. The molecule has 0 N–H and O–H groups in total. The second kappa shape index (κ2) is 9.43. The number of benzene rings is 1. The first kappa shape index (κ1) is 20.0. The molecule has 1 heterocycles. The van der Waals surface area contributed by atoms with Crippen LogP contribution in [0, 0.1) is 13.8 Å². The predicted molar refractivity (Wildman–Crippen MR) is 103 cm³/mol. The zero-order valence-electron chi connectivity index (χ0n) is 15.9. The van der Waals surface area contributed by atoms with Crippen LogP contribution in [0.1, 0.15) is 24.0 Å². The fourth-order valence-corrected chi connectivity index (χ4v) is 3.46. The van der Waals surface area contributed by atoms with Gasteiger partial charge in [-0.3, -0.25) is 4.79 Å². The summed E-state index contributed by atoms with van der Waals surface area (Å²) in [5, 5.41) is 0.825. The number of ether oxygens (including phenoxy) is 2. The average molecular weight is 375 g/mol. The van der Waals surface area contributed by atoms with Crippen LogP contribution in [-0.4, -0.2) is 47.3 Å². The van der Waals surface area contributed by atoms with Crippen LogP contribution in [0.5, 0.6) is 11.5 Å². The van der Waals surface area contributed by atoms with Crippen molar-refractivity contribution >= 4 is 17.7 Å². The van der Waals surface area contributed by atoms with Gasteiger partial charge in [0.2, 0.25) is 5.91 Å². The number of hydrogen-bond acceptors (Lipinski definition) is 6. The highest BCUT2D eigenvalue weighted by Crippen LogP contribution is 2.28. The summed E-state index contributed by atoms with van der Waals surface area (Å²) < 4.78 is 10.6. The summed E-state index contributed by atoms with van der Waals surface area (Å²) in [6.45, 7) is 6.92. The molecule has 0 saturated carbocycles. The largest absolute Gasteiger partial charge is 0.493 e. The van der Waals surface area contributed by atoms with E-state index in [1.54, 1.807) is 14.2 Å². The van der Waals surface area contributed by atoms with Crippen LogP contribution in [0.3, 0.4) is 0 Å². The van der Waals surface area contributed by atoms with E-state index in [1.165, 1.54) is 11.8 Å². The molecule has 0 bridgehead atoms. The molecule has 0 saturated heterocycles. The summed E-state index contributed by atoms with van der Waals surface area (Å²) in [7, 11) is 3.21. The zero-order chi connectivity index (χ0) is 19.1. The highest BCUT2D eigenvalue weighted by atomic mass is 32.2. The van der Waals surface area contributed by atoms with Crippen molar-refractivity contribution in [3.63, 3.8) is 0 Å². The Balaban J connectivity index is 2.02. The van der Waals surface area contributed by atoms with Crippen LogP contribution in [0.2, 0.25) is 0 Å². The van der Waals surface area contributed by atoms with Gasteiger partial charge in [0.25, 0.3) is 0 Å². The van der Waals surface area contributed by atoms with Gasteiger partial charge in [0.1, 0.15) is 10.9 Å². The summed E-state index contributed by atoms with van der Waals surface area (Å²) in [5.41, 5.74) is 1.90. The molecule has 0 unspecified atom stereocenters. The van der Waals surface area contributed by atoms with Crippen molar-refractivity contribution in [3.8, 4) is 11.5 Å². The first-order chi connectivity index (χ1) is 12.5. The van der Waals surface area contributed by atoms with Crippen molar-refractivity contribution in [2.24, 2.45) is 0 Å². The standard InChI is InChI=1S/C19H25N3O3S/c1-6-22(11-15-7-8-16(24-4)17(10-15)25-5)19(23)12-26-18-9-13(2)20-14(3)21-18/h7-10H,6,11-12H2,1-5H3. The number of carbonyl (C=O) groups is 1. The molecule has 0 atom stereocenters. The van der Waals surface area contributed by atoms with E-state index >= 15 is 0 Å². The number of amides is 1. The number of hydrogen-bond donors (Lipinski definition) is 0. The fourth-order valence-electron chi connectivity index (χ4n) is 2.56. The van der Waals surface area contributed by atoms with E-state index in [-0.39, 0.29) is 5.91 Å². The Labute approximate surface area is 158 Å². The second-order valence-electron chi connectivity index (χ2n) is 5.78. The third-order valence-corrected chi connectivity index (χ3v) is 4.74. The SMILES string of the molecule is CCN(Cc1ccc(OC)c(OC)c1)C(=O)CSc1cc(C)nc(C)n1. The smallest absolute Gasteiger partial charge is 0.233 e. The highest BCUT2D eigenvalue weighted by molar-refractivity contribution is 7.99. The maximum atomic E-state index is 12.6. The van der Waals surface area contributed by atoms with Crippen molar-refractivity contribution in [1.29, 1.82) is 0 Å². The van der Waals surface area contributed by atoms with E-state index in [0.29, 0.717) is 30.3 Å². The van der Waals surface area contributed by atoms with Crippen LogP contribution >= 0.6 is 11.8 Å². The molecule has 140 valence electrons. The minimum Gasteiger partial charge on any atom is -0.493 e. The van der Waals surface area contributed by atoms with Gasteiger partial charge in [-0.1, -0.05) is 17.8 Å². The topological polar surface area (TPSA) is 64.6 Å². The Morgan fingerprint density at radius 2 is 1.85 bits per heavy atom. The molecule has 1 aromatic carbocycles. The molecule has 1 amide bonds. The number of rotatable bonds is 8. The molecule has 0 aliphatic carbocycles. The summed E-state index contributed by atoms with van der Waals surface area (Å²) in [6.07, 6.45) is 0. The number of methoxy groups -OCH3 is 2. The average Bonchev–Trinajstić information content (AvgIpc) is 2.63. The second-order valence-corrected chi connectivity index (χ2v) is 6.78. The maximum absolute atomic E-state index is 12.6. The summed E-state index contributed by atoms with van der Waals surface area (Å²) in [4.78, 5) is 23.0. The molecule has 0 fully saturated rings. The highest BCUT2D eigenvalue weighted by Gasteiger charge is 2.15. The quantitative estimate of drug-likeness (QED) is 0.521. The van der Waals surface area contributed by atoms with Crippen molar-refractivity contribution in [3.05, 3.63) is 41.3 Å². The molecule has 0 radical (unpaired) electrons. The first-order valence-electron chi connectivity index (χ1n) is 8.40. The molecule has 0 aliphatic heterocycles. The van der Waals surface area contributed by atoms with Gasteiger partial charge in [0.05, 0.1) is 20.0 Å². The Morgan fingerprint density at radius 3 is 2.46 bits per heavy atom. The van der Waals surface area contributed by atoms with Crippen LogP contribution in [-0.2, 0) is 11.3 Å². The first-order valence-corrected chi connectivity index (χ1v) is 9.39. The van der Waals surface area contributed by atoms with Gasteiger partial charge in [-0.05, 0) is 44.5 Å². The van der Waals surface area contributed by atoms with Crippen molar-refractivity contribution in [1.82, 2.24) is 14.9 Å². The van der Waals surface area contributed by atoms with Gasteiger partial charge in [0.15, 0.2) is 11.5 Å². The van der Waals surface area contributed by atoms with Gasteiger partial charge in [-0.15, -0.1) is 0 Å². The number of aryl methyl sites for hydroxylation is 2. The molecule has 7 heteroatoms. The molecular weight excluding hydrogens is 350 g/mol. The Kier molecular flexibility index (Phi) is 7.26. The predicted octanol–water partition coefficient (Wildman–Crippen LogP) is 3.25. The normalized spacial score (nSPS) is 10.5. The van der Waals surface area contributed by atoms with E-state index in [0.717, 1.165) is 22.1 Å². The van der Waals surface area contributed by atoms with E-state index in [2.05, 4.69) is 9.97 Å². The lowest BCUT2D eigenvalue weighted by Gasteiger charge is -2.21. The molecule has 2 rings (SSSR count). The lowest BCUT2D eigenvalue weighted by atomic mass is 10.2. The minimum atomic E-state index is 0.0706. The summed E-state index contributed by atoms with van der Waals surface area (Å²) in [6, 6.07) is 7.60. The minimum absolute atomic E-state index is 0.0706. The van der Waals surface area contributed by atoms with Crippen molar-refractivity contribution < 1.29 is 14.3 Å². The van der Waals surface area contributed by atoms with Gasteiger partial charge < -0.3 is 14.4 Å². The fraction of sp³-hybridized carbons (Fsp3) is 0.421. The van der Waals surface area contributed by atoms with E-state index in [4.69, 9.17) is 9.47 Å². The van der Waals surface area contributed by atoms with Gasteiger partial charge in [0, 0.05) is 18.8 Å². The third-order valence-electron chi connectivity index (χ3n) is 3.84. The number of aromatic nitrogens is 2.